The van der Waals surface area contributed by atoms with Gasteiger partial charge in [0, 0.05) is 127 Å². The van der Waals surface area contributed by atoms with E-state index in [1.54, 1.807) is 33.1 Å². The van der Waals surface area contributed by atoms with E-state index in [0.29, 0.717) is 111 Å². The number of rotatable bonds is 25. The van der Waals surface area contributed by atoms with Crippen molar-refractivity contribution in [3.05, 3.63) is 113 Å². The molecule has 12 atom stereocenters. The molecular weight excluding hydrogens is 1270 g/mol. The molecule has 2 bridgehead atoms. The number of esters is 3. The van der Waals surface area contributed by atoms with Crippen molar-refractivity contribution in [3.8, 4) is 5.75 Å². The predicted molar refractivity (Wildman–Crippen MR) is 365 cm³/mol. The fourth-order valence-electron chi connectivity index (χ4n) is 18.7. The van der Waals surface area contributed by atoms with Gasteiger partial charge in [0.15, 0.2) is 6.10 Å². The number of hydrogen-bond acceptors (Lipinski definition) is 17. The number of para-hydroxylation sites is 1. The number of methoxy groups -OCH3 is 3. The number of aromatic nitrogens is 1. The summed E-state index contributed by atoms with van der Waals surface area (Å²) < 4.78 is 24.8. The first-order valence-electron chi connectivity index (χ1n) is 34.9. The van der Waals surface area contributed by atoms with Crippen LogP contribution in [0.5, 0.6) is 5.75 Å². The number of urea groups is 1. The number of nitrogens with zero attached hydrogens (tertiary/aromatic N) is 4. The number of carbonyl (C=O) groups excluding carboxylic acids is 9. The second kappa shape index (κ2) is 28.2. The number of quaternary nitrogens is 1. The van der Waals surface area contributed by atoms with E-state index in [0.717, 1.165) is 32.5 Å². The van der Waals surface area contributed by atoms with Crippen molar-refractivity contribution in [2.45, 2.75) is 171 Å². The van der Waals surface area contributed by atoms with Gasteiger partial charge in [-0.3, -0.25) is 43.4 Å². The fraction of sp³-hybridized carbons (Fsp3) is 0.554. The Morgan fingerprint density at radius 1 is 0.869 bits per heavy atom. The Labute approximate surface area is 577 Å². The molecule has 1 spiro atoms. The molecular formula is C74H96N10O15. The molecule has 25 nitrogen and oxygen atoms in total. The van der Waals surface area contributed by atoms with Crippen molar-refractivity contribution >= 4 is 75.8 Å². The van der Waals surface area contributed by atoms with Crippen molar-refractivity contribution in [2.24, 2.45) is 23.0 Å². The summed E-state index contributed by atoms with van der Waals surface area (Å²) in [6.07, 6.45) is 9.09. The summed E-state index contributed by atoms with van der Waals surface area (Å²) in [7, 11) is 5.99. The van der Waals surface area contributed by atoms with Gasteiger partial charge in [0.25, 0.3) is 11.8 Å². The van der Waals surface area contributed by atoms with Gasteiger partial charge in [0.1, 0.15) is 29.8 Å². The van der Waals surface area contributed by atoms with Crippen molar-refractivity contribution in [1.82, 2.24) is 30.7 Å². The molecule has 1 aromatic heterocycles. The van der Waals surface area contributed by atoms with Crippen LogP contribution in [0.2, 0.25) is 0 Å². The standard InChI is InChI=1S/C74H96N10O15/c1-10-70(94)39-47-40-73(67(91)97-8,52-37-51-55(38-56(52)96-7)81(6)65-72(51)31-35-82-33-18-30-71(11-2,64(72)82)66(99-45(5)85)74(65,95)68(92)98-9)61-50(49-19-14-15-20-53(49)78-61)29-36-84(42-47,43-70)41-46-23-25-48(26-24-46)77-62(89)54(21-17-32-76-69(75)93)79-63(90)60(44(3)4)80-57(86)22-13-12-16-34-83-58(87)27-28-59(83)88/h14-15,18-20,23-28,30,37-38,44,47,54,60,64-66,78,95H,10-13,16-17,21-22,29,31-36,39-43H2,1-9H3,(H,77,89)(H,79,90)(H,80,86)(H3,75,76,93)/t47-,54-,60-,64-,65+,66+,70-,71+,72+,73-,74-,84?/m0/s1. The van der Waals surface area contributed by atoms with Crippen LogP contribution >= 0.6 is 0 Å². The molecule has 3 aromatic carbocycles. The Kier molecular flexibility index (Phi) is 20.4. The van der Waals surface area contributed by atoms with Gasteiger partial charge in [-0.2, -0.15) is 0 Å². The second-order valence-corrected chi connectivity index (χ2v) is 28.9. The summed E-state index contributed by atoms with van der Waals surface area (Å²) in [6.45, 7) is 12.0. The molecule has 4 aromatic rings. The maximum Gasteiger partial charge on any atom is 0.344 e. The lowest BCUT2D eigenvalue weighted by atomic mass is 9.47. The van der Waals surface area contributed by atoms with Crippen LogP contribution in [0, 0.1) is 17.3 Å². The number of benzene rings is 3. The minimum Gasteiger partial charge on any atom is -0.845 e. The Balaban J connectivity index is 0.909. The maximum absolute atomic E-state index is 16.1. The van der Waals surface area contributed by atoms with Gasteiger partial charge in [0.05, 0.1) is 47.0 Å². The number of amides is 7. The number of hydrogen-bond donors (Lipinski definition) is 7. The molecule has 1 saturated carbocycles. The van der Waals surface area contributed by atoms with Gasteiger partial charge in [-0.25, -0.2) is 9.59 Å². The zero-order chi connectivity index (χ0) is 71.1. The van der Waals surface area contributed by atoms with Crippen LogP contribution in [-0.4, -0.2) is 194 Å². The van der Waals surface area contributed by atoms with Crippen LogP contribution in [-0.2, 0) is 76.4 Å². The third-order valence-electron chi connectivity index (χ3n) is 22.8. The first-order chi connectivity index (χ1) is 47.2. The number of unbranched alkanes of at least 4 members (excludes halogenated alkanes) is 2. The lowest BCUT2D eigenvalue weighted by molar-refractivity contribution is -0.962. The van der Waals surface area contributed by atoms with E-state index < -0.39 is 99.4 Å². The number of fused-ring (bicyclic) bond motifs is 6. The Hall–Kier alpha value is -8.65. The van der Waals surface area contributed by atoms with Gasteiger partial charge in [-0.1, -0.05) is 88.6 Å². The maximum atomic E-state index is 16.1. The normalized spacial score (nSPS) is 28.7. The van der Waals surface area contributed by atoms with E-state index in [9.17, 15) is 43.5 Å². The molecule has 0 radical (unpaired) electrons. The molecule has 7 amide bonds. The number of anilines is 2. The molecule has 99 heavy (non-hydrogen) atoms. The van der Waals surface area contributed by atoms with E-state index in [4.69, 9.17) is 24.7 Å². The lowest BCUT2D eigenvalue weighted by Gasteiger charge is -2.63. The molecule has 1 aliphatic carbocycles. The number of nitrogens with two attached hydrogens (primary N) is 1. The molecule has 532 valence electrons. The molecule has 8 N–H and O–H groups in total. The zero-order valence-electron chi connectivity index (χ0n) is 58.3. The van der Waals surface area contributed by atoms with Crippen molar-refractivity contribution in [1.29, 1.82) is 0 Å². The quantitative estimate of drug-likeness (QED) is 0.0119. The van der Waals surface area contributed by atoms with E-state index in [1.807, 2.05) is 80.4 Å². The number of primary amides is 1. The lowest BCUT2D eigenvalue weighted by Crippen LogP contribution is -2.81. The van der Waals surface area contributed by atoms with Crippen molar-refractivity contribution in [2.75, 3.05) is 84.4 Å². The van der Waals surface area contributed by atoms with Crippen LogP contribution in [0.1, 0.15) is 133 Å². The van der Waals surface area contributed by atoms with Crippen LogP contribution in [0.4, 0.5) is 16.2 Å². The van der Waals surface area contributed by atoms with Crippen LogP contribution < -0.4 is 41.7 Å². The van der Waals surface area contributed by atoms with E-state index in [1.165, 1.54) is 33.3 Å². The average Bonchev–Trinajstić information content (AvgIpc) is 1.50. The zero-order valence-corrected chi connectivity index (χ0v) is 58.3. The van der Waals surface area contributed by atoms with Crippen molar-refractivity contribution in [3.63, 3.8) is 0 Å². The highest BCUT2D eigenvalue weighted by atomic mass is 16.6. The predicted octanol–water partition coefficient (Wildman–Crippen LogP) is 4.57. The molecule has 3 fully saturated rings. The Morgan fingerprint density at radius 3 is 2.26 bits per heavy atom. The fourth-order valence-corrected chi connectivity index (χ4v) is 18.7. The summed E-state index contributed by atoms with van der Waals surface area (Å²) in [5, 5.41) is 41.5. The molecule has 6 aliphatic heterocycles. The molecule has 7 heterocycles. The number of piperidine rings is 1. The molecule has 1 unspecified atom stereocenters. The molecule has 11 rings (SSSR count). The molecule has 25 heteroatoms. The topological polar surface area (TPSA) is 333 Å². The third-order valence-corrected chi connectivity index (χ3v) is 22.8. The number of aliphatic hydroxyl groups is 1. The van der Waals surface area contributed by atoms with E-state index in [-0.39, 0.29) is 75.4 Å². The van der Waals surface area contributed by atoms with Gasteiger partial charge < -0.3 is 70.5 Å². The first kappa shape index (κ1) is 71.6. The highest BCUT2D eigenvalue weighted by Gasteiger charge is 2.80. The average molecular weight is 1370 g/mol. The summed E-state index contributed by atoms with van der Waals surface area (Å²) in [6, 6.07) is 15.0. The first-order valence-corrected chi connectivity index (χ1v) is 34.9. The van der Waals surface area contributed by atoms with E-state index >= 15 is 9.90 Å². The van der Waals surface area contributed by atoms with Crippen LogP contribution in [0.3, 0.4) is 0 Å². The third kappa shape index (κ3) is 12.7. The number of aromatic amines is 1. The summed E-state index contributed by atoms with van der Waals surface area (Å²) in [5.41, 5.74) is 3.25. The number of nitrogens with one attached hydrogen (secondary N) is 5. The summed E-state index contributed by atoms with van der Waals surface area (Å²) >= 11 is 0. The van der Waals surface area contributed by atoms with Gasteiger partial charge >= 0.3 is 23.9 Å². The van der Waals surface area contributed by atoms with Crippen LogP contribution in [0.15, 0.2) is 85.0 Å². The molecule has 7 aliphatic rings. The number of ether oxygens (including phenoxy) is 4. The van der Waals surface area contributed by atoms with Crippen molar-refractivity contribution < 1.29 is 76.8 Å². The number of likely N-dealkylation sites (N-methyl/N-ethyl adjacent to an activating group) is 1. The largest absolute Gasteiger partial charge is 0.845 e. The monoisotopic (exact) mass is 1360 g/mol. The number of carbonyl (C=O) groups is 9. The second-order valence-electron chi connectivity index (χ2n) is 28.9. The highest BCUT2D eigenvalue weighted by molar-refractivity contribution is 6.13. The van der Waals surface area contributed by atoms with Gasteiger partial charge in [-0.05, 0) is 99.2 Å². The van der Waals surface area contributed by atoms with Gasteiger partial charge in [-0.15, -0.1) is 0 Å². The smallest absolute Gasteiger partial charge is 0.344 e. The van der Waals surface area contributed by atoms with E-state index in [2.05, 4.69) is 37.2 Å². The SMILES string of the molecule is CC[C@]1([O-])C[C@H]2C[C@](C(=O)OC)(c3cc4c(cc3OC)N(C)[C@H]3[C@@](O)(C(=O)OC)[C@H](OC(C)=O)[C@]5(CC)C=CCN6CC[C@]43[C@@H]65)c3[nH]c4ccccc4c3CC[N+](Cc3ccc(NC(=O)[C@H](CCCNC(N)=O)NC(=O)[C@@H](NC(=O)CCCCCN4C(=O)C=CC4=O)C(C)C)cc3)(C2)C1. The Bertz CT molecular complexity index is 3870. The minimum absolute atomic E-state index is 0.0932. The number of H-pyrrole nitrogens is 1. The minimum atomic E-state index is -2.41. The number of imide groups is 1. The van der Waals surface area contributed by atoms with Crippen LogP contribution in [0.25, 0.3) is 10.9 Å². The highest BCUT2D eigenvalue weighted by Crippen LogP contribution is 2.68. The Morgan fingerprint density at radius 2 is 1.60 bits per heavy atom. The summed E-state index contributed by atoms with van der Waals surface area (Å²) in [4.78, 5) is 131. The summed E-state index contributed by atoms with van der Waals surface area (Å²) in [5.74, 6) is -4.81. The van der Waals surface area contributed by atoms with Gasteiger partial charge in [0.2, 0.25) is 23.3 Å². The molecule has 2 saturated heterocycles.